The fourth-order valence-electron chi connectivity index (χ4n) is 3.30. The number of amides is 2. The van der Waals surface area contributed by atoms with E-state index in [-0.39, 0.29) is 41.8 Å². The third kappa shape index (κ3) is 6.72. The Morgan fingerprint density at radius 3 is 2.63 bits per heavy atom. The average molecular weight is 521 g/mol. The van der Waals surface area contributed by atoms with Crippen LogP contribution in [0.25, 0.3) is 0 Å². The number of aliphatic imine (C=N–C) groups is 1. The fourth-order valence-corrected chi connectivity index (χ4v) is 3.30. The van der Waals surface area contributed by atoms with Crippen molar-refractivity contribution in [2.45, 2.75) is 32.9 Å². The normalized spacial score (nSPS) is 16.1. The molecule has 0 radical (unpaired) electrons. The Bertz CT molecular complexity index is 888. The Morgan fingerprint density at radius 2 is 1.93 bits per heavy atom. The van der Waals surface area contributed by atoms with Gasteiger partial charge in [-0.25, -0.2) is 4.99 Å². The highest BCUT2D eigenvalue weighted by atomic mass is 127. The lowest BCUT2D eigenvalue weighted by Gasteiger charge is -2.19. The van der Waals surface area contributed by atoms with Crippen LogP contribution in [0.3, 0.4) is 0 Å². The van der Waals surface area contributed by atoms with Crippen LogP contribution in [0.1, 0.15) is 25.8 Å². The summed E-state index contributed by atoms with van der Waals surface area (Å²) in [6.07, 6.45) is 0.428. The van der Waals surface area contributed by atoms with Gasteiger partial charge in [-0.05, 0) is 36.8 Å². The first-order valence-electron chi connectivity index (χ1n) is 9.82. The third-order valence-electron chi connectivity index (χ3n) is 4.55. The van der Waals surface area contributed by atoms with Crippen LogP contribution in [0.5, 0.6) is 0 Å². The Balaban J connectivity index is 0.00000320. The molecule has 2 aromatic carbocycles. The molecule has 1 heterocycles. The van der Waals surface area contributed by atoms with Crippen LogP contribution in [-0.2, 0) is 16.1 Å². The number of nitrogens with zero attached hydrogens (tertiary/aromatic N) is 2. The maximum Gasteiger partial charge on any atom is 0.229 e. The van der Waals surface area contributed by atoms with E-state index in [2.05, 4.69) is 20.9 Å². The SMILES string of the molecule is CCNC(=NCc1cccc(NC(C)=O)c1)NC1CC(=O)N(c2ccccc2)C1.I. The van der Waals surface area contributed by atoms with Gasteiger partial charge in [0, 0.05) is 37.8 Å². The summed E-state index contributed by atoms with van der Waals surface area (Å²) in [5, 5.41) is 9.39. The van der Waals surface area contributed by atoms with E-state index in [0.717, 1.165) is 23.5 Å². The highest BCUT2D eigenvalue weighted by molar-refractivity contribution is 14.0. The van der Waals surface area contributed by atoms with Crippen molar-refractivity contribution in [1.82, 2.24) is 10.6 Å². The smallest absolute Gasteiger partial charge is 0.229 e. The molecule has 1 unspecified atom stereocenters. The number of hydrogen-bond donors (Lipinski definition) is 3. The summed E-state index contributed by atoms with van der Waals surface area (Å²) in [7, 11) is 0. The maximum absolute atomic E-state index is 12.4. The lowest BCUT2D eigenvalue weighted by Crippen LogP contribution is -2.44. The summed E-state index contributed by atoms with van der Waals surface area (Å²) in [4.78, 5) is 30.1. The topological polar surface area (TPSA) is 85.8 Å². The number of hydrogen-bond acceptors (Lipinski definition) is 3. The van der Waals surface area contributed by atoms with E-state index in [1.807, 2.05) is 61.5 Å². The van der Waals surface area contributed by atoms with Gasteiger partial charge >= 0.3 is 0 Å². The van der Waals surface area contributed by atoms with E-state index >= 15 is 0 Å². The van der Waals surface area contributed by atoms with Crippen LogP contribution in [0.4, 0.5) is 11.4 Å². The van der Waals surface area contributed by atoms with E-state index in [9.17, 15) is 9.59 Å². The summed E-state index contributed by atoms with van der Waals surface area (Å²) >= 11 is 0. The van der Waals surface area contributed by atoms with Gasteiger partial charge in [-0.2, -0.15) is 0 Å². The predicted molar refractivity (Wildman–Crippen MR) is 131 cm³/mol. The second-order valence-electron chi connectivity index (χ2n) is 6.96. The van der Waals surface area contributed by atoms with Gasteiger partial charge in [-0.3, -0.25) is 9.59 Å². The summed E-state index contributed by atoms with van der Waals surface area (Å²) in [6, 6.07) is 17.3. The molecule has 0 bridgehead atoms. The van der Waals surface area contributed by atoms with Crippen LogP contribution in [0, 0.1) is 0 Å². The summed E-state index contributed by atoms with van der Waals surface area (Å²) in [5.41, 5.74) is 2.66. The molecule has 1 fully saturated rings. The first-order chi connectivity index (χ1) is 14.0. The van der Waals surface area contributed by atoms with Gasteiger partial charge in [0.1, 0.15) is 0 Å². The molecule has 3 rings (SSSR count). The molecule has 8 heteroatoms. The Labute approximate surface area is 194 Å². The van der Waals surface area contributed by atoms with E-state index in [4.69, 9.17) is 0 Å². The molecule has 0 aliphatic carbocycles. The predicted octanol–water partition coefficient (Wildman–Crippen LogP) is 3.12. The van der Waals surface area contributed by atoms with Gasteiger partial charge in [0.2, 0.25) is 11.8 Å². The Hall–Kier alpha value is -2.62. The highest BCUT2D eigenvalue weighted by Crippen LogP contribution is 2.21. The molecule has 1 aliphatic heterocycles. The van der Waals surface area contributed by atoms with Crippen molar-refractivity contribution in [2.24, 2.45) is 4.99 Å². The minimum Gasteiger partial charge on any atom is -0.357 e. The average Bonchev–Trinajstić information content (AvgIpc) is 3.07. The number of benzene rings is 2. The van der Waals surface area contributed by atoms with Crippen molar-refractivity contribution < 1.29 is 9.59 Å². The number of para-hydroxylation sites is 1. The molecule has 0 aromatic heterocycles. The minimum atomic E-state index is -0.102. The van der Waals surface area contributed by atoms with Crippen LogP contribution in [0.15, 0.2) is 59.6 Å². The van der Waals surface area contributed by atoms with Gasteiger partial charge in [0.15, 0.2) is 5.96 Å². The molecule has 0 saturated carbocycles. The van der Waals surface area contributed by atoms with Crippen molar-refractivity contribution >= 4 is 53.1 Å². The monoisotopic (exact) mass is 521 g/mol. The molecular weight excluding hydrogens is 493 g/mol. The molecule has 0 spiro atoms. The van der Waals surface area contributed by atoms with Crippen LogP contribution in [0.2, 0.25) is 0 Å². The lowest BCUT2D eigenvalue weighted by molar-refractivity contribution is -0.117. The van der Waals surface area contributed by atoms with Gasteiger partial charge in [0.25, 0.3) is 0 Å². The first-order valence-corrected chi connectivity index (χ1v) is 9.82. The van der Waals surface area contributed by atoms with E-state index in [1.54, 1.807) is 4.90 Å². The van der Waals surface area contributed by atoms with Crippen molar-refractivity contribution in [3.63, 3.8) is 0 Å². The standard InChI is InChI=1S/C22H27N5O2.HI/c1-3-23-22(24-14-17-8-7-9-18(12-17)25-16(2)28)26-19-13-21(29)27(15-19)20-10-5-4-6-11-20;/h4-12,19H,3,13-15H2,1-2H3,(H,25,28)(H2,23,24,26);1H. The Morgan fingerprint density at radius 1 is 1.17 bits per heavy atom. The molecule has 30 heavy (non-hydrogen) atoms. The minimum absolute atomic E-state index is 0. The molecule has 2 amide bonds. The molecule has 1 atom stereocenters. The number of rotatable bonds is 6. The van der Waals surface area contributed by atoms with E-state index in [0.29, 0.717) is 25.5 Å². The number of guanidine groups is 1. The number of nitrogens with one attached hydrogen (secondary N) is 3. The number of carbonyl (C=O) groups excluding carboxylic acids is 2. The van der Waals surface area contributed by atoms with Crippen molar-refractivity contribution in [3.05, 3.63) is 60.2 Å². The molecule has 160 valence electrons. The van der Waals surface area contributed by atoms with Crippen LogP contribution < -0.4 is 20.9 Å². The lowest BCUT2D eigenvalue weighted by atomic mass is 10.2. The second kappa shape index (κ2) is 11.5. The van der Waals surface area contributed by atoms with Gasteiger partial charge < -0.3 is 20.9 Å². The summed E-state index contributed by atoms with van der Waals surface area (Å²) in [6.45, 7) is 5.28. The molecular formula is C22H28IN5O2. The van der Waals surface area contributed by atoms with Crippen molar-refractivity contribution in [2.75, 3.05) is 23.3 Å². The molecule has 3 N–H and O–H groups in total. The number of anilines is 2. The van der Waals surface area contributed by atoms with E-state index in [1.165, 1.54) is 6.92 Å². The van der Waals surface area contributed by atoms with Crippen molar-refractivity contribution in [3.8, 4) is 0 Å². The third-order valence-corrected chi connectivity index (χ3v) is 4.55. The molecule has 1 aliphatic rings. The number of carbonyl (C=O) groups is 2. The highest BCUT2D eigenvalue weighted by Gasteiger charge is 2.31. The van der Waals surface area contributed by atoms with E-state index < -0.39 is 0 Å². The molecule has 7 nitrogen and oxygen atoms in total. The van der Waals surface area contributed by atoms with Crippen LogP contribution in [-0.4, -0.2) is 36.9 Å². The van der Waals surface area contributed by atoms with Gasteiger partial charge in [0.05, 0.1) is 12.6 Å². The fraction of sp³-hybridized carbons (Fsp3) is 0.318. The number of halogens is 1. The zero-order chi connectivity index (χ0) is 20.6. The second-order valence-corrected chi connectivity index (χ2v) is 6.96. The molecule has 1 saturated heterocycles. The van der Waals surface area contributed by atoms with Crippen LogP contribution >= 0.6 is 24.0 Å². The molecule has 2 aromatic rings. The van der Waals surface area contributed by atoms with Crippen molar-refractivity contribution in [1.29, 1.82) is 0 Å². The Kier molecular flexibility index (Phi) is 9.10. The maximum atomic E-state index is 12.4. The largest absolute Gasteiger partial charge is 0.357 e. The quantitative estimate of drug-likeness (QED) is 0.310. The first kappa shape index (κ1) is 23.7. The summed E-state index contributed by atoms with van der Waals surface area (Å²) in [5.74, 6) is 0.673. The zero-order valence-corrected chi connectivity index (χ0v) is 19.6. The van der Waals surface area contributed by atoms with Gasteiger partial charge in [-0.1, -0.05) is 30.3 Å². The zero-order valence-electron chi connectivity index (χ0n) is 17.2. The van der Waals surface area contributed by atoms with Gasteiger partial charge in [-0.15, -0.1) is 24.0 Å². The summed E-state index contributed by atoms with van der Waals surface area (Å²) < 4.78 is 0.